The first-order valence-corrected chi connectivity index (χ1v) is 15.1. The molecule has 5 rings (SSSR count). The van der Waals surface area contributed by atoms with Gasteiger partial charge in [-0.05, 0) is 110 Å². The fraction of sp³-hybridized carbons (Fsp3) is 0.871. The number of ketones is 1. The van der Waals surface area contributed by atoms with Gasteiger partial charge in [-0.25, -0.2) is 0 Å². The summed E-state index contributed by atoms with van der Waals surface area (Å²) in [5.74, 6) is 2.17. The molecule has 4 fully saturated rings. The molecule has 5 aliphatic carbocycles. The monoisotopic (exact) mass is 546 g/mol. The third-order valence-corrected chi connectivity index (χ3v) is 14.7. The van der Waals surface area contributed by atoms with E-state index in [1.807, 2.05) is 0 Å². The van der Waals surface area contributed by atoms with Gasteiger partial charge in [-0.2, -0.15) is 0 Å². The van der Waals surface area contributed by atoms with Crippen molar-refractivity contribution in [1.82, 2.24) is 0 Å². The summed E-state index contributed by atoms with van der Waals surface area (Å²) in [7, 11) is 1.51. The molecule has 35 heavy (non-hydrogen) atoms. The standard InChI is InChI=1S/C31H47BrO3/c1-18-9-12-27(3)15-16-29(5)20(24(27)19(18)2)17-21(33)25-28(4)13-11-23(32)31(7,26(34)35-8)22(28)10-14-30(25,29)6/h17-19,22-25H,9-16H2,1-8H3/t18-,19+,22-,23?,24+,25-,27-,28+,29-,30-,31-/m1/s1. The van der Waals surface area contributed by atoms with E-state index in [1.54, 1.807) is 0 Å². The van der Waals surface area contributed by atoms with Gasteiger partial charge in [-0.15, -0.1) is 0 Å². The summed E-state index contributed by atoms with van der Waals surface area (Å²) in [5, 5.41) is 0. The van der Waals surface area contributed by atoms with Crippen LogP contribution in [0.1, 0.15) is 99.8 Å². The molecule has 4 heteroatoms. The van der Waals surface area contributed by atoms with E-state index in [1.165, 1.54) is 38.4 Å². The van der Waals surface area contributed by atoms with Crippen molar-refractivity contribution in [2.75, 3.05) is 7.11 Å². The maximum atomic E-state index is 14.4. The minimum atomic E-state index is -0.604. The predicted molar refractivity (Wildman–Crippen MR) is 144 cm³/mol. The summed E-state index contributed by atoms with van der Waals surface area (Å²) >= 11 is 3.88. The van der Waals surface area contributed by atoms with Gasteiger partial charge >= 0.3 is 5.97 Å². The summed E-state index contributed by atoms with van der Waals surface area (Å²) in [6.45, 7) is 16.8. The highest BCUT2D eigenvalue weighted by Gasteiger charge is 2.71. The molecule has 0 heterocycles. The molecule has 0 aromatic rings. The number of ether oxygens (including phenoxy) is 1. The zero-order chi connectivity index (χ0) is 25.8. The van der Waals surface area contributed by atoms with Crippen LogP contribution in [0.15, 0.2) is 11.6 Å². The molecule has 5 aliphatic rings. The Morgan fingerprint density at radius 1 is 0.971 bits per heavy atom. The number of alkyl halides is 1. The van der Waals surface area contributed by atoms with Gasteiger partial charge in [0.15, 0.2) is 5.78 Å². The molecule has 0 saturated heterocycles. The molecule has 0 N–H and O–H groups in total. The van der Waals surface area contributed by atoms with Crippen LogP contribution in [0, 0.1) is 56.7 Å². The number of fused-ring (bicyclic) bond motifs is 7. The smallest absolute Gasteiger partial charge is 0.312 e. The van der Waals surface area contributed by atoms with Gasteiger partial charge in [-0.1, -0.05) is 63.0 Å². The number of halogens is 1. The Balaban J connectivity index is 1.64. The van der Waals surface area contributed by atoms with E-state index in [2.05, 4.69) is 70.5 Å². The third-order valence-electron chi connectivity index (χ3n) is 13.3. The van der Waals surface area contributed by atoms with Crippen molar-refractivity contribution < 1.29 is 14.3 Å². The molecule has 0 bridgehead atoms. The maximum absolute atomic E-state index is 14.4. The molecule has 4 saturated carbocycles. The van der Waals surface area contributed by atoms with Gasteiger partial charge in [0.05, 0.1) is 12.5 Å². The summed E-state index contributed by atoms with van der Waals surface area (Å²) in [6.07, 6.45) is 11.1. The zero-order valence-corrected chi connectivity index (χ0v) is 24.9. The average Bonchev–Trinajstić information content (AvgIpc) is 2.80. The normalized spacial score (nSPS) is 55.6. The lowest BCUT2D eigenvalue weighted by Crippen LogP contribution is -2.67. The first kappa shape index (κ1) is 26.0. The minimum absolute atomic E-state index is 0.0350. The number of allylic oxidation sites excluding steroid dienone is 2. The maximum Gasteiger partial charge on any atom is 0.312 e. The number of hydrogen-bond donors (Lipinski definition) is 0. The van der Waals surface area contributed by atoms with Crippen LogP contribution < -0.4 is 0 Å². The molecule has 0 aromatic carbocycles. The molecule has 0 aromatic heterocycles. The van der Waals surface area contributed by atoms with Crippen LogP contribution in [0.2, 0.25) is 0 Å². The molecular weight excluding hydrogens is 500 g/mol. The fourth-order valence-corrected chi connectivity index (χ4v) is 11.6. The topological polar surface area (TPSA) is 43.4 Å². The lowest BCUT2D eigenvalue weighted by molar-refractivity contribution is -0.197. The molecule has 0 aliphatic heterocycles. The van der Waals surface area contributed by atoms with E-state index >= 15 is 0 Å². The number of rotatable bonds is 1. The summed E-state index contributed by atoms with van der Waals surface area (Å²) in [6, 6.07) is 0. The lowest BCUT2D eigenvalue weighted by Gasteiger charge is -2.70. The Hall–Kier alpha value is -0.640. The van der Waals surface area contributed by atoms with Gasteiger partial charge in [0.1, 0.15) is 0 Å². The second-order valence-corrected chi connectivity index (χ2v) is 15.7. The number of hydrogen-bond acceptors (Lipinski definition) is 3. The van der Waals surface area contributed by atoms with Crippen LogP contribution in [0.5, 0.6) is 0 Å². The van der Waals surface area contributed by atoms with Crippen molar-refractivity contribution in [2.45, 2.75) is 105 Å². The van der Waals surface area contributed by atoms with Gasteiger partial charge in [-0.3, -0.25) is 9.59 Å². The van der Waals surface area contributed by atoms with Crippen molar-refractivity contribution in [3.8, 4) is 0 Å². The van der Waals surface area contributed by atoms with Crippen molar-refractivity contribution >= 4 is 27.7 Å². The molecule has 196 valence electrons. The first-order valence-electron chi connectivity index (χ1n) is 14.2. The second-order valence-electron chi connectivity index (χ2n) is 14.6. The molecule has 0 radical (unpaired) electrons. The van der Waals surface area contributed by atoms with Crippen LogP contribution in [0.3, 0.4) is 0 Å². The second kappa shape index (κ2) is 7.93. The highest BCUT2D eigenvalue weighted by molar-refractivity contribution is 9.09. The van der Waals surface area contributed by atoms with Gasteiger partial charge in [0.25, 0.3) is 0 Å². The molecule has 11 atom stereocenters. The van der Waals surface area contributed by atoms with Crippen LogP contribution in [-0.2, 0) is 14.3 Å². The number of esters is 1. The third kappa shape index (κ3) is 3.07. The largest absolute Gasteiger partial charge is 0.469 e. The molecule has 0 amide bonds. The summed E-state index contributed by atoms with van der Waals surface area (Å²) < 4.78 is 5.38. The lowest BCUT2D eigenvalue weighted by atomic mass is 9.33. The Labute approximate surface area is 221 Å². The predicted octanol–water partition coefficient (Wildman–Crippen LogP) is 7.76. The zero-order valence-electron chi connectivity index (χ0n) is 23.3. The minimum Gasteiger partial charge on any atom is -0.469 e. The number of carbonyl (C=O) groups is 2. The van der Waals surface area contributed by atoms with Crippen LogP contribution in [0.25, 0.3) is 0 Å². The Morgan fingerprint density at radius 3 is 2.31 bits per heavy atom. The highest BCUT2D eigenvalue weighted by atomic mass is 79.9. The Kier molecular flexibility index (Phi) is 5.89. The van der Waals surface area contributed by atoms with E-state index in [0.717, 1.165) is 25.7 Å². The van der Waals surface area contributed by atoms with Crippen LogP contribution in [0.4, 0.5) is 0 Å². The SMILES string of the molecule is COC(=O)[C@@]1(C)C(Br)CC[C@@]2(C)[C@H]1CC[C@]1(C)[C@@H]2C(=O)C=C2[C@@H]3[C@@H](C)[C@H](C)CC[C@]3(C)CC[C@]21C. The first-order chi connectivity index (χ1) is 16.2. The van der Waals surface area contributed by atoms with Gasteiger partial charge in [0.2, 0.25) is 0 Å². The van der Waals surface area contributed by atoms with E-state index < -0.39 is 5.41 Å². The van der Waals surface area contributed by atoms with E-state index in [-0.39, 0.29) is 38.9 Å². The van der Waals surface area contributed by atoms with Crippen molar-refractivity contribution in [1.29, 1.82) is 0 Å². The summed E-state index contributed by atoms with van der Waals surface area (Å²) in [5.41, 5.74) is 0.973. The van der Waals surface area contributed by atoms with Crippen molar-refractivity contribution in [3.63, 3.8) is 0 Å². The van der Waals surface area contributed by atoms with E-state index in [4.69, 9.17) is 4.74 Å². The Morgan fingerprint density at radius 2 is 1.66 bits per heavy atom. The van der Waals surface area contributed by atoms with Crippen LogP contribution in [-0.4, -0.2) is 23.7 Å². The van der Waals surface area contributed by atoms with Gasteiger partial charge in [0, 0.05) is 10.7 Å². The average molecular weight is 548 g/mol. The molecular formula is C31H47BrO3. The quantitative estimate of drug-likeness (QED) is 0.249. The Bertz CT molecular complexity index is 972. The van der Waals surface area contributed by atoms with Crippen LogP contribution >= 0.6 is 15.9 Å². The van der Waals surface area contributed by atoms with E-state index in [9.17, 15) is 9.59 Å². The highest BCUT2D eigenvalue weighted by Crippen LogP contribution is 2.75. The molecule has 1 unspecified atom stereocenters. The fourth-order valence-electron chi connectivity index (χ4n) is 10.8. The van der Waals surface area contributed by atoms with Crippen molar-refractivity contribution in [3.05, 3.63) is 11.6 Å². The van der Waals surface area contributed by atoms with Crippen molar-refractivity contribution in [2.24, 2.45) is 56.7 Å². The van der Waals surface area contributed by atoms with Gasteiger partial charge < -0.3 is 4.74 Å². The number of methoxy groups -OCH3 is 1. The van der Waals surface area contributed by atoms with E-state index in [0.29, 0.717) is 29.0 Å². The molecule has 0 spiro atoms. The summed E-state index contributed by atoms with van der Waals surface area (Å²) in [4.78, 5) is 27.7. The number of carbonyl (C=O) groups excluding carboxylic acids is 2. The molecule has 3 nitrogen and oxygen atoms in total.